The lowest BCUT2D eigenvalue weighted by atomic mass is 10.1. The number of likely N-dealkylation sites (tertiary alicyclic amines) is 1. The number of nitrogens with zero attached hydrogens (tertiary/aromatic N) is 2. The van der Waals surface area contributed by atoms with Gasteiger partial charge < -0.3 is 15.5 Å². The molecule has 0 aliphatic carbocycles. The summed E-state index contributed by atoms with van der Waals surface area (Å²) in [4.78, 5) is 22.1. The molecule has 6 nitrogen and oxygen atoms in total. The third kappa shape index (κ3) is 3.15. The third-order valence-corrected chi connectivity index (χ3v) is 5.02. The summed E-state index contributed by atoms with van der Waals surface area (Å²) in [6, 6.07) is 13.7. The van der Waals surface area contributed by atoms with E-state index in [1.807, 2.05) is 24.3 Å². The number of aromatic nitrogens is 2. The molecule has 1 amide bonds. The molecule has 0 saturated carbocycles. The van der Waals surface area contributed by atoms with Crippen LogP contribution in [0.4, 0.5) is 0 Å². The molecule has 0 bridgehead atoms. The van der Waals surface area contributed by atoms with Crippen molar-refractivity contribution in [2.45, 2.75) is 18.9 Å². The Labute approximate surface area is 152 Å². The number of carbonyl (C=O) groups excluding carboxylic acids is 1. The number of nitrogens with two attached hydrogens (primary N) is 1. The van der Waals surface area contributed by atoms with Gasteiger partial charge >= 0.3 is 0 Å². The Kier molecular flexibility index (Phi) is 4.34. The molecule has 1 aliphatic rings. The SMILES string of the molecule is COc1ccc(CN2CC[C@H](c3nc4c(C(N)=O)cccc4[nH]3)C2)cc1. The van der Waals surface area contributed by atoms with Gasteiger partial charge in [-0.3, -0.25) is 9.69 Å². The second-order valence-corrected chi connectivity index (χ2v) is 6.76. The minimum Gasteiger partial charge on any atom is -0.497 e. The van der Waals surface area contributed by atoms with Gasteiger partial charge in [0, 0.05) is 19.0 Å². The number of para-hydroxylation sites is 1. The molecule has 0 radical (unpaired) electrons. The fraction of sp³-hybridized carbons (Fsp3) is 0.300. The molecule has 3 N–H and O–H groups in total. The molecule has 1 aromatic heterocycles. The number of imidazole rings is 1. The highest BCUT2D eigenvalue weighted by atomic mass is 16.5. The maximum Gasteiger partial charge on any atom is 0.250 e. The molecule has 26 heavy (non-hydrogen) atoms. The van der Waals surface area contributed by atoms with Crippen molar-refractivity contribution in [3.63, 3.8) is 0 Å². The molecular formula is C20H22N4O2. The number of H-pyrrole nitrogens is 1. The van der Waals surface area contributed by atoms with E-state index in [1.165, 1.54) is 5.56 Å². The second kappa shape index (κ2) is 6.80. The molecule has 1 aliphatic heterocycles. The second-order valence-electron chi connectivity index (χ2n) is 6.76. The van der Waals surface area contributed by atoms with Crippen molar-refractivity contribution >= 4 is 16.9 Å². The van der Waals surface area contributed by atoms with E-state index < -0.39 is 5.91 Å². The molecule has 2 heterocycles. The maximum atomic E-state index is 11.6. The number of nitrogens with one attached hydrogen (secondary N) is 1. The monoisotopic (exact) mass is 350 g/mol. The van der Waals surface area contributed by atoms with Crippen LogP contribution in [-0.4, -0.2) is 41.0 Å². The average Bonchev–Trinajstić information content (AvgIpc) is 3.28. The zero-order valence-corrected chi connectivity index (χ0v) is 14.7. The van der Waals surface area contributed by atoms with Crippen LogP contribution in [0.25, 0.3) is 11.0 Å². The van der Waals surface area contributed by atoms with Crippen LogP contribution in [0, 0.1) is 0 Å². The van der Waals surface area contributed by atoms with Gasteiger partial charge in [-0.25, -0.2) is 4.98 Å². The van der Waals surface area contributed by atoms with E-state index in [1.54, 1.807) is 13.2 Å². The number of primary amides is 1. The predicted molar refractivity (Wildman–Crippen MR) is 100 cm³/mol. The number of hydrogen-bond acceptors (Lipinski definition) is 4. The summed E-state index contributed by atoms with van der Waals surface area (Å²) in [7, 11) is 1.68. The van der Waals surface area contributed by atoms with Gasteiger partial charge in [0.25, 0.3) is 5.91 Å². The molecule has 134 valence electrons. The van der Waals surface area contributed by atoms with E-state index in [0.717, 1.165) is 43.1 Å². The smallest absolute Gasteiger partial charge is 0.250 e. The Morgan fingerprint density at radius 2 is 2.12 bits per heavy atom. The number of amides is 1. The van der Waals surface area contributed by atoms with Gasteiger partial charge in [-0.15, -0.1) is 0 Å². The summed E-state index contributed by atoms with van der Waals surface area (Å²) in [5.74, 6) is 1.70. The zero-order valence-electron chi connectivity index (χ0n) is 14.7. The van der Waals surface area contributed by atoms with Crippen molar-refractivity contribution < 1.29 is 9.53 Å². The lowest BCUT2D eigenvalue weighted by Gasteiger charge is -2.15. The van der Waals surface area contributed by atoms with Crippen molar-refractivity contribution in [1.82, 2.24) is 14.9 Å². The Hall–Kier alpha value is -2.86. The van der Waals surface area contributed by atoms with Crippen molar-refractivity contribution in [3.8, 4) is 5.75 Å². The summed E-state index contributed by atoms with van der Waals surface area (Å²) >= 11 is 0. The highest BCUT2D eigenvalue weighted by Gasteiger charge is 2.26. The van der Waals surface area contributed by atoms with Crippen LogP contribution in [0.3, 0.4) is 0 Å². The van der Waals surface area contributed by atoms with Crippen LogP contribution in [-0.2, 0) is 6.54 Å². The average molecular weight is 350 g/mol. The molecular weight excluding hydrogens is 328 g/mol. The van der Waals surface area contributed by atoms with Gasteiger partial charge in [0.1, 0.15) is 17.1 Å². The normalized spacial score (nSPS) is 17.7. The first-order valence-corrected chi connectivity index (χ1v) is 8.78. The van der Waals surface area contributed by atoms with E-state index in [-0.39, 0.29) is 0 Å². The Morgan fingerprint density at radius 3 is 2.85 bits per heavy atom. The van der Waals surface area contributed by atoms with Crippen molar-refractivity contribution in [2.24, 2.45) is 5.73 Å². The molecule has 0 unspecified atom stereocenters. The summed E-state index contributed by atoms with van der Waals surface area (Å²) in [5, 5.41) is 0. The number of ether oxygens (including phenoxy) is 1. The standard InChI is InChI=1S/C20H22N4O2/c1-26-15-7-5-13(6-8-15)11-24-10-9-14(12-24)20-22-17-4-2-3-16(19(21)25)18(17)23-20/h2-8,14H,9-12H2,1H3,(H2,21,25)(H,22,23)/t14-/m0/s1. The number of hydrogen-bond donors (Lipinski definition) is 2. The van der Waals surface area contributed by atoms with E-state index in [9.17, 15) is 4.79 Å². The van der Waals surface area contributed by atoms with Crippen molar-refractivity contribution in [3.05, 3.63) is 59.4 Å². The molecule has 6 heteroatoms. The van der Waals surface area contributed by atoms with Crippen LogP contribution in [0.5, 0.6) is 5.75 Å². The number of carbonyl (C=O) groups is 1. The van der Waals surface area contributed by atoms with Crippen LogP contribution >= 0.6 is 0 Å². The van der Waals surface area contributed by atoms with Gasteiger partial charge in [0.2, 0.25) is 0 Å². The Morgan fingerprint density at radius 1 is 1.31 bits per heavy atom. The Bertz CT molecular complexity index is 933. The van der Waals surface area contributed by atoms with Crippen LogP contribution in [0.15, 0.2) is 42.5 Å². The Balaban J connectivity index is 1.49. The highest BCUT2D eigenvalue weighted by Crippen LogP contribution is 2.29. The fourth-order valence-corrected chi connectivity index (χ4v) is 3.63. The first kappa shape index (κ1) is 16.6. The number of rotatable bonds is 5. The number of aromatic amines is 1. The zero-order chi connectivity index (χ0) is 18.1. The molecule has 0 spiro atoms. The van der Waals surface area contributed by atoms with Crippen molar-refractivity contribution in [1.29, 1.82) is 0 Å². The predicted octanol–water partition coefficient (Wildman–Crippen LogP) is 2.66. The first-order chi connectivity index (χ1) is 12.6. The maximum absolute atomic E-state index is 11.6. The number of fused-ring (bicyclic) bond motifs is 1. The lowest BCUT2D eigenvalue weighted by Crippen LogP contribution is -2.19. The number of benzene rings is 2. The summed E-state index contributed by atoms with van der Waals surface area (Å²) in [6.45, 7) is 2.88. The molecule has 3 aromatic rings. The van der Waals surface area contributed by atoms with Crippen molar-refractivity contribution in [2.75, 3.05) is 20.2 Å². The van der Waals surface area contributed by atoms with Gasteiger partial charge in [0.05, 0.1) is 18.2 Å². The van der Waals surface area contributed by atoms with Crippen LogP contribution in [0.2, 0.25) is 0 Å². The molecule has 2 aromatic carbocycles. The topological polar surface area (TPSA) is 84.2 Å². The minimum absolute atomic E-state index is 0.335. The summed E-state index contributed by atoms with van der Waals surface area (Å²) in [5.41, 5.74) is 8.74. The number of methoxy groups -OCH3 is 1. The third-order valence-electron chi connectivity index (χ3n) is 5.02. The van der Waals surface area contributed by atoms with Gasteiger partial charge in [-0.2, -0.15) is 0 Å². The quantitative estimate of drug-likeness (QED) is 0.741. The van der Waals surface area contributed by atoms with E-state index in [0.29, 0.717) is 17.0 Å². The summed E-state index contributed by atoms with van der Waals surface area (Å²) in [6.07, 6.45) is 1.04. The molecule has 1 saturated heterocycles. The highest BCUT2D eigenvalue weighted by molar-refractivity contribution is 6.04. The summed E-state index contributed by atoms with van der Waals surface area (Å²) < 4.78 is 5.21. The van der Waals surface area contributed by atoms with Gasteiger partial charge in [0.15, 0.2) is 0 Å². The molecule has 1 fully saturated rings. The van der Waals surface area contributed by atoms with Crippen LogP contribution < -0.4 is 10.5 Å². The fourth-order valence-electron chi connectivity index (χ4n) is 3.63. The van der Waals surface area contributed by atoms with E-state index >= 15 is 0 Å². The first-order valence-electron chi connectivity index (χ1n) is 8.78. The minimum atomic E-state index is -0.443. The van der Waals surface area contributed by atoms with E-state index in [4.69, 9.17) is 10.5 Å². The van der Waals surface area contributed by atoms with E-state index in [2.05, 4.69) is 27.0 Å². The largest absolute Gasteiger partial charge is 0.497 e. The molecule has 1 atom stereocenters. The molecule has 4 rings (SSSR count). The van der Waals surface area contributed by atoms with Crippen LogP contribution in [0.1, 0.15) is 34.1 Å². The van der Waals surface area contributed by atoms with Gasteiger partial charge in [-0.05, 0) is 42.8 Å². The lowest BCUT2D eigenvalue weighted by molar-refractivity contribution is 0.100. The van der Waals surface area contributed by atoms with Gasteiger partial charge in [-0.1, -0.05) is 18.2 Å².